The van der Waals surface area contributed by atoms with Gasteiger partial charge in [-0.3, -0.25) is 9.48 Å². The third kappa shape index (κ3) is 2.84. The van der Waals surface area contributed by atoms with Crippen LogP contribution in [0.2, 0.25) is 0 Å². The number of rotatable bonds is 3. The summed E-state index contributed by atoms with van der Waals surface area (Å²) in [4.78, 5) is 12.2. The minimum absolute atomic E-state index is 0.179. The van der Waals surface area contributed by atoms with E-state index in [2.05, 4.69) is 15.6 Å². The van der Waals surface area contributed by atoms with Crippen molar-refractivity contribution in [2.45, 2.75) is 45.1 Å². The first-order valence-electron chi connectivity index (χ1n) is 7.41. The Morgan fingerprint density at radius 2 is 2.14 bits per heavy atom. The number of hydrogen-bond donors (Lipinski definition) is 1. The van der Waals surface area contributed by atoms with Crippen molar-refractivity contribution >= 4 is 5.91 Å². The molecule has 0 saturated heterocycles. The second kappa shape index (κ2) is 5.71. The van der Waals surface area contributed by atoms with Crippen molar-refractivity contribution in [1.29, 1.82) is 0 Å². The van der Waals surface area contributed by atoms with Crippen LogP contribution in [0.15, 0.2) is 16.8 Å². The van der Waals surface area contributed by atoms with Crippen LogP contribution in [0, 0.1) is 6.92 Å². The number of carbonyl (C=O) groups is 1. The number of amides is 1. The van der Waals surface area contributed by atoms with Gasteiger partial charge in [0.2, 0.25) is 5.76 Å². The zero-order chi connectivity index (χ0) is 14.8. The van der Waals surface area contributed by atoms with Crippen LogP contribution in [0.5, 0.6) is 0 Å². The van der Waals surface area contributed by atoms with Crippen molar-refractivity contribution in [3.8, 4) is 11.3 Å². The van der Waals surface area contributed by atoms with E-state index < -0.39 is 0 Å². The van der Waals surface area contributed by atoms with Gasteiger partial charge >= 0.3 is 0 Å². The lowest BCUT2D eigenvalue weighted by Crippen LogP contribution is -2.35. The fraction of sp³-hybridized carbons (Fsp3) is 0.533. The minimum Gasteiger partial charge on any atom is -0.350 e. The van der Waals surface area contributed by atoms with Gasteiger partial charge in [-0.2, -0.15) is 5.10 Å². The van der Waals surface area contributed by atoms with Crippen molar-refractivity contribution in [1.82, 2.24) is 20.3 Å². The highest BCUT2D eigenvalue weighted by Gasteiger charge is 2.20. The predicted molar refractivity (Wildman–Crippen MR) is 77.8 cm³/mol. The molecule has 0 unspecified atom stereocenters. The average molecular weight is 288 g/mol. The predicted octanol–water partition coefficient (Wildman–Crippen LogP) is 2.45. The Bertz CT molecular complexity index is 638. The molecule has 2 heterocycles. The summed E-state index contributed by atoms with van der Waals surface area (Å²) in [7, 11) is 1.87. The van der Waals surface area contributed by atoms with Crippen LogP contribution in [0.1, 0.15) is 48.4 Å². The van der Waals surface area contributed by atoms with Crippen LogP contribution in [0.3, 0.4) is 0 Å². The van der Waals surface area contributed by atoms with E-state index in [4.69, 9.17) is 4.52 Å². The third-order valence-corrected chi connectivity index (χ3v) is 4.19. The maximum atomic E-state index is 12.2. The van der Waals surface area contributed by atoms with E-state index in [0.717, 1.165) is 24.1 Å². The molecule has 6 heteroatoms. The maximum Gasteiger partial charge on any atom is 0.290 e. The van der Waals surface area contributed by atoms with Gasteiger partial charge in [-0.1, -0.05) is 24.4 Å². The number of nitrogens with zero attached hydrogens (tertiary/aromatic N) is 3. The Balaban J connectivity index is 1.72. The summed E-state index contributed by atoms with van der Waals surface area (Å²) in [6.07, 6.45) is 7.46. The molecule has 3 rings (SSSR count). The summed E-state index contributed by atoms with van der Waals surface area (Å²) in [5.74, 6) is 0.0843. The van der Waals surface area contributed by atoms with Gasteiger partial charge in [0.25, 0.3) is 5.91 Å². The van der Waals surface area contributed by atoms with Gasteiger partial charge in [0.15, 0.2) is 0 Å². The van der Waals surface area contributed by atoms with Crippen molar-refractivity contribution in [3.63, 3.8) is 0 Å². The zero-order valence-electron chi connectivity index (χ0n) is 12.4. The van der Waals surface area contributed by atoms with E-state index >= 15 is 0 Å². The molecule has 1 fully saturated rings. The molecule has 1 aliphatic rings. The standard InChI is InChI=1S/C15H20N4O2/c1-10-12(9-16-19(10)2)13-8-14(21-18-13)15(20)17-11-6-4-3-5-7-11/h8-9,11H,3-7H2,1-2H3,(H,17,20). The Morgan fingerprint density at radius 1 is 1.38 bits per heavy atom. The SMILES string of the molecule is Cc1c(-c2cc(C(=O)NC3CCCCC3)on2)cnn1C. The van der Waals surface area contributed by atoms with E-state index in [1.165, 1.54) is 19.3 Å². The lowest BCUT2D eigenvalue weighted by atomic mass is 9.95. The molecule has 1 aliphatic carbocycles. The highest BCUT2D eigenvalue weighted by atomic mass is 16.5. The van der Waals surface area contributed by atoms with Crippen LogP contribution in [0.25, 0.3) is 11.3 Å². The van der Waals surface area contributed by atoms with Crippen LogP contribution < -0.4 is 5.32 Å². The highest BCUT2D eigenvalue weighted by molar-refractivity contribution is 5.92. The molecular formula is C15H20N4O2. The maximum absolute atomic E-state index is 12.2. The molecule has 0 radical (unpaired) electrons. The summed E-state index contributed by atoms with van der Waals surface area (Å²) in [6, 6.07) is 1.95. The number of aromatic nitrogens is 3. The first-order chi connectivity index (χ1) is 10.1. The monoisotopic (exact) mass is 288 g/mol. The molecule has 0 atom stereocenters. The number of carbonyl (C=O) groups excluding carboxylic acids is 1. The van der Waals surface area contributed by atoms with Gasteiger partial charge in [-0.05, 0) is 19.8 Å². The molecule has 1 amide bonds. The van der Waals surface area contributed by atoms with E-state index in [1.807, 2.05) is 14.0 Å². The van der Waals surface area contributed by atoms with Crippen molar-refractivity contribution in [2.75, 3.05) is 0 Å². The Labute approximate surface area is 123 Å². The fourth-order valence-electron chi connectivity index (χ4n) is 2.76. The van der Waals surface area contributed by atoms with Gasteiger partial charge in [0, 0.05) is 30.4 Å². The number of hydrogen-bond acceptors (Lipinski definition) is 4. The molecule has 0 aromatic carbocycles. The van der Waals surface area contributed by atoms with Crippen molar-refractivity contribution in [2.24, 2.45) is 7.05 Å². The summed E-state index contributed by atoms with van der Waals surface area (Å²) >= 11 is 0. The normalized spacial score (nSPS) is 16.1. The topological polar surface area (TPSA) is 73.0 Å². The summed E-state index contributed by atoms with van der Waals surface area (Å²) < 4.78 is 6.96. The highest BCUT2D eigenvalue weighted by Crippen LogP contribution is 2.23. The summed E-state index contributed by atoms with van der Waals surface area (Å²) in [5, 5.41) is 11.2. The lowest BCUT2D eigenvalue weighted by Gasteiger charge is -2.21. The quantitative estimate of drug-likeness (QED) is 0.941. The molecule has 1 saturated carbocycles. The van der Waals surface area contributed by atoms with Gasteiger partial charge in [0.1, 0.15) is 5.69 Å². The van der Waals surface area contributed by atoms with Gasteiger partial charge in [0.05, 0.1) is 6.20 Å². The van der Waals surface area contributed by atoms with Crippen LogP contribution in [-0.2, 0) is 7.05 Å². The van der Waals surface area contributed by atoms with Crippen LogP contribution >= 0.6 is 0 Å². The number of aryl methyl sites for hydroxylation is 1. The molecule has 2 aromatic heterocycles. The van der Waals surface area contributed by atoms with Crippen molar-refractivity contribution in [3.05, 3.63) is 23.7 Å². The molecule has 2 aromatic rings. The largest absolute Gasteiger partial charge is 0.350 e. The summed E-state index contributed by atoms with van der Waals surface area (Å²) in [5.41, 5.74) is 2.52. The van der Waals surface area contributed by atoms with Gasteiger partial charge in [-0.25, -0.2) is 0 Å². The van der Waals surface area contributed by atoms with E-state index in [-0.39, 0.29) is 17.7 Å². The zero-order valence-corrected chi connectivity index (χ0v) is 12.4. The molecule has 112 valence electrons. The van der Waals surface area contributed by atoms with Gasteiger partial charge in [-0.15, -0.1) is 0 Å². The molecule has 0 aliphatic heterocycles. The van der Waals surface area contributed by atoms with Crippen molar-refractivity contribution < 1.29 is 9.32 Å². The summed E-state index contributed by atoms with van der Waals surface area (Å²) in [6.45, 7) is 1.96. The van der Waals surface area contributed by atoms with Gasteiger partial charge < -0.3 is 9.84 Å². The minimum atomic E-state index is -0.179. The molecule has 21 heavy (non-hydrogen) atoms. The third-order valence-electron chi connectivity index (χ3n) is 4.19. The Kier molecular flexibility index (Phi) is 3.77. The van der Waals surface area contributed by atoms with E-state index in [1.54, 1.807) is 16.9 Å². The average Bonchev–Trinajstić information content (AvgIpc) is 3.09. The second-order valence-electron chi connectivity index (χ2n) is 5.65. The van der Waals surface area contributed by atoms with E-state index in [0.29, 0.717) is 5.69 Å². The first-order valence-corrected chi connectivity index (χ1v) is 7.41. The smallest absolute Gasteiger partial charge is 0.290 e. The molecule has 6 nitrogen and oxygen atoms in total. The lowest BCUT2D eigenvalue weighted by molar-refractivity contribution is 0.0890. The van der Waals surface area contributed by atoms with E-state index in [9.17, 15) is 4.79 Å². The van der Waals surface area contributed by atoms with Crippen LogP contribution in [0.4, 0.5) is 0 Å². The Hall–Kier alpha value is -2.11. The fourth-order valence-corrected chi connectivity index (χ4v) is 2.76. The second-order valence-corrected chi connectivity index (χ2v) is 5.65. The molecular weight excluding hydrogens is 268 g/mol. The van der Waals surface area contributed by atoms with Crippen LogP contribution in [-0.4, -0.2) is 26.9 Å². The Morgan fingerprint density at radius 3 is 2.81 bits per heavy atom. The molecule has 0 spiro atoms. The first kappa shape index (κ1) is 13.9. The molecule has 1 N–H and O–H groups in total. The number of nitrogens with one attached hydrogen (secondary N) is 1. The molecule has 0 bridgehead atoms.